The summed E-state index contributed by atoms with van der Waals surface area (Å²) in [6.07, 6.45) is 4.13. The summed E-state index contributed by atoms with van der Waals surface area (Å²) in [5, 5.41) is 18.5. The molecule has 0 saturated heterocycles. The van der Waals surface area contributed by atoms with Gasteiger partial charge in [0.25, 0.3) is 0 Å². The van der Waals surface area contributed by atoms with Crippen molar-refractivity contribution in [2.24, 2.45) is 0 Å². The molecule has 1 aliphatic rings. The Morgan fingerprint density at radius 3 is 2.82 bits per heavy atom. The molecule has 0 amide bonds. The van der Waals surface area contributed by atoms with Gasteiger partial charge >= 0.3 is 0 Å². The number of hydrogen-bond donors (Lipinski definition) is 2. The molecule has 1 heterocycles. The van der Waals surface area contributed by atoms with Crippen LogP contribution in [0, 0.1) is 0 Å². The maximum atomic E-state index is 10.3. The molecule has 1 saturated carbocycles. The van der Waals surface area contributed by atoms with Crippen molar-refractivity contribution in [1.82, 2.24) is 14.5 Å². The van der Waals surface area contributed by atoms with Crippen molar-refractivity contribution in [2.45, 2.75) is 37.8 Å². The van der Waals surface area contributed by atoms with Gasteiger partial charge in [-0.25, -0.2) is 0 Å². The minimum atomic E-state index is -0.488. The largest absolute Gasteiger partial charge is 0.389 e. The highest BCUT2D eigenvalue weighted by Crippen LogP contribution is 2.30. The Balaban J connectivity index is 1.90. The first-order valence-electron chi connectivity index (χ1n) is 6.03. The summed E-state index contributed by atoms with van der Waals surface area (Å²) in [4.78, 5) is 2.13. The van der Waals surface area contributed by atoms with Gasteiger partial charge < -0.3 is 10.4 Å². The molecule has 2 rings (SSSR count). The molecule has 0 bridgehead atoms. The summed E-state index contributed by atoms with van der Waals surface area (Å²) in [6, 6.07) is 0. The molecule has 0 aromatic carbocycles. The average Bonchev–Trinajstić information content (AvgIpc) is 2.87. The van der Waals surface area contributed by atoms with E-state index in [9.17, 15) is 5.11 Å². The van der Waals surface area contributed by atoms with E-state index in [0.717, 1.165) is 42.9 Å². The summed E-state index contributed by atoms with van der Waals surface area (Å²) in [5.74, 6) is 0. The lowest BCUT2D eigenvalue weighted by Crippen LogP contribution is -2.38. The van der Waals surface area contributed by atoms with Crippen LogP contribution in [0.3, 0.4) is 0 Å². The average molecular weight is 256 g/mol. The standard InChI is InChI=1S/C11H20N4OS/c1-12-10-9(13-14-17-10)7-15(2)8-11(16)5-3-4-6-11/h12,16H,3-8H2,1-2H3. The quantitative estimate of drug-likeness (QED) is 0.832. The fourth-order valence-corrected chi connectivity index (χ4v) is 3.03. The molecular formula is C11H20N4OS. The van der Waals surface area contributed by atoms with Crippen molar-refractivity contribution in [2.75, 3.05) is 26.0 Å². The Hall–Kier alpha value is -0.720. The first-order chi connectivity index (χ1) is 8.13. The van der Waals surface area contributed by atoms with E-state index in [1.54, 1.807) is 0 Å². The van der Waals surface area contributed by atoms with Gasteiger partial charge in [0, 0.05) is 31.7 Å². The highest BCUT2D eigenvalue weighted by molar-refractivity contribution is 7.10. The Kier molecular flexibility index (Phi) is 3.96. The number of hydrogen-bond acceptors (Lipinski definition) is 6. The fraction of sp³-hybridized carbons (Fsp3) is 0.818. The predicted molar refractivity (Wildman–Crippen MR) is 69.2 cm³/mol. The molecule has 1 aromatic rings. The zero-order valence-corrected chi connectivity index (χ0v) is 11.3. The number of rotatable bonds is 5. The van der Waals surface area contributed by atoms with Crippen LogP contribution < -0.4 is 5.32 Å². The van der Waals surface area contributed by atoms with Gasteiger partial charge in [-0.05, 0) is 19.9 Å². The number of aliphatic hydroxyl groups is 1. The van der Waals surface area contributed by atoms with Crippen molar-refractivity contribution in [1.29, 1.82) is 0 Å². The molecule has 1 aliphatic carbocycles. The second kappa shape index (κ2) is 5.29. The molecule has 17 heavy (non-hydrogen) atoms. The van der Waals surface area contributed by atoms with E-state index in [1.165, 1.54) is 11.5 Å². The summed E-state index contributed by atoms with van der Waals surface area (Å²) >= 11 is 1.37. The normalized spacial score (nSPS) is 18.8. The second-order valence-electron chi connectivity index (χ2n) is 4.90. The molecule has 1 aromatic heterocycles. The van der Waals surface area contributed by atoms with Crippen LogP contribution in [0.2, 0.25) is 0 Å². The zero-order chi connectivity index (χ0) is 12.3. The molecule has 6 heteroatoms. The molecule has 2 N–H and O–H groups in total. The number of nitrogens with zero attached hydrogens (tertiary/aromatic N) is 3. The van der Waals surface area contributed by atoms with Gasteiger partial charge in [0.15, 0.2) is 0 Å². The van der Waals surface area contributed by atoms with Crippen LogP contribution in [0.4, 0.5) is 5.00 Å². The van der Waals surface area contributed by atoms with Crippen LogP contribution in [-0.2, 0) is 6.54 Å². The Bertz CT molecular complexity index is 362. The lowest BCUT2D eigenvalue weighted by atomic mass is 10.0. The predicted octanol–water partition coefficient (Wildman–Crippen LogP) is 1.32. The Labute approximate surface area is 106 Å². The highest BCUT2D eigenvalue weighted by atomic mass is 32.1. The van der Waals surface area contributed by atoms with E-state index in [4.69, 9.17) is 0 Å². The first-order valence-corrected chi connectivity index (χ1v) is 6.80. The minimum Gasteiger partial charge on any atom is -0.389 e. The van der Waals surface area contributed by atoms with Crippen LogP contribution in [-0.4, -0.2) is 45.8 Å². The maximum Gasteiger partial charge on any atom is 0.134 e. The van der Waals surface area contributed by atoms with Crippen LogP contribution in [0.1, 0.15) is 31.4 Å². The molecule has 0 spiro atoms. The molecule has 1 fully saturated rings. The minimum absolute atomic E-state index is 0.488. The zero-order valence-electron chi connectivity index (χ0n) is 10.4. The van der Waals surface area contributed by atoms with Crippen molar-refractivity contribution < 1.29 is 5.11 Å². The van der Waals surface area contributed by atoms with Crippen molar-refractivity contribution in [3.63, 3.8) is 0 Å². The van der Waals surface area contributed by atoms with E-state index in [0.29, 0.717) is 6.54 Å². The summed E-state index contributed by atoms with van der Waals surface area (Å²) in [5.41, 5.74) is 0.472. The van der Waals surface area contributed by atoms with E-state index in [1.807, 2.05) is 14.1 Å². The van der Waals surface area contributed by atoms with Gasteiger partial charge in [-0.1, -0.05) is 17.3 Å². The SMILES string of the molecule is CNc1snnc1CN(C)CC1(O)CCCC1. The second-order valence-corrected chi connectivity index (χ2v) is 5.66. The van der Waals surface area contributed by atoms with Crippen LogP contribution in [0.15, 0.2) is 0 Å². The molecule has 0 unspecified atom stereocenters. The molecule has 96 valence electrons. The third-order valence-corrected chi connectivity index (χ3v) is 4.09. The molecule has 0 atom stereocenters. The van der Waals surface area contributed by atoms with Gasteiger partial charge in [0.05, 0.1) is 5.60 Å². The molecule has 0 aliphatic heterocycles. The number of nitrogens with one attached hydrogen (secondary N) is 1. The highest BCUT2D eigenvalue weighted by Gasteiger charge is 2.32. The van der Waals surface area contributed by atoms with Gasteiger partial charge in [-0.15, -0.1) is 5.10 Å². The summed E-state index contributed by atoms with van der Waals surface area (Å²) in [7, 11) is 3.90. The molecule has 5 nitrogen and oxygen atoms in total. The smallest absolute Gasteiger partial charge is 0.134 e. The topological polar surface area (TPSA) is 61.3 Å². The number of aromatic nitrogens is 2. The maximum absolute atomic E-state index is 10.3. The van der Waals surface area contributed by atoms with E-state index in [2.05, 4.69) is 19.8 Å². The van der Waals surface area contributed by atoms with Gasteiger partial charge in [-0.3, -0.25) is 4.90 Å². The fourth-order valence-electron chi connectivity index (χ4n) is 2.51. The van der Waals surface area contributed by atoms with Gasteiger partial charge in [0.2, 0.25) is 0 Å². The van der Waals surface area contributed by atoms with Crippen LogP contribution >= 0.6 is 11.5 Å². The van der Waals surface area contributed by atoms with E-state index >= 15 is 0 Å². The van der Waals surface area contributed by atoms with Gasteiger partial charge in [0.1, 0.15) is 10.7 Å². The van der Waals surface area contributed by atoms with Gasteiger partial charge in [-0.2, -0.15) is 0 Å². The van der Waals surface area contributed by atoms with E-state index in [-0.39, 0.29) is 0 Å². The number of anilines is 1. The summed E-state index contributed by atoms with van der Waals surface area (Å²) in [6.45, 7) is 1.45. The van der Waals surface area contributed by atoms with Crippen molar-refractivity contribution in [3.8, 4) is 0 Å². The third kappa shape index (κ3) is 3.14. The Morgan fingerprint density at radius 1 is 1.47 bits per heavy atom. The molecule has 0 radical (unpaired) electrons. The molecular weight excluding hydrogens is 236 g/mol. The number of likely N-dealkylation sites (N-methyl/N-ethyl adjacent to an activating group) is 1. The monoisotopic (exact) mass is 256 g/mol. The lowest BCUT2D eigenvalue weighted by Gasteiger charge is -2.28. The van der Waals surface area contributed by atoms with Crippen LogP contribution in [0.25, 0.3) is 0 Å². The van der Waals surface area contributed by atoms with Crippen molar-refractivity contribution >= 4 is 16.5 Å². The summed E-state index contributed by atoms with van der Waals surface area (Å²) < 4.78 is 3.94. The lowest BCUT2D eigenvalue weighted by molar-refractivity contribution is 0.0143. The first kappa shape index (κ1) is 12.7. The van der Waals surface area contributed by atoms with E-state index < -0.39 is 5.60 Å². The van der Waals surface area contributed by atoms with Crippen molar-refractivity contribution in [3.05, 3.63) is 5.69 Å². The Morgan fingerprint density at radius 2 is 2.18 bits per heavy atom. The van der Waals surface area contributed by atoms with Crippen LogP contribution in [0.5, 0.6) is 0 Å². The third-order valence-electron chi connectivity index (χ3n) is 3.30.